The standard InChI is InChI=1S/C17H24/c1-16(2)15-9-10-17(16,3)12-14(15)11-13-7-5-4-6-8-13/h4-8,14-15H,9-12H2,1-3H3/t14-,15+,17?/m0/s1. The quantitative estimate of drug-likeness (QED) is 0.688. The maximum atomic E-state index is 2.53. The van der Waals surface area contributed by atoms with Gasteiger partial charge >= 0.3 is 0 Å². The Balaban J connectivity index is 1.80. The van der Waals surface area contributed by atoms with Crippen LogP contribution >= 0.6 is 0 Å². The van der Waals surface area contributed by atoms with Crippen LogP contribution in [0.1, 0.15) is 45.6 Å². The fraction of sp³-hybridized carbons (Fsp3) is 0.647. The van der Waals surface area contributed by atoms with E-state index in [0.717, 1.165) is 11.8 Å². The molecule has 2 bridgehead atoms. The lowest BCUT2D eigenvalue weighted by Gasteiger charge is -2.34. The zero-order valence-electron chi connectivity index (χ0n) is 11.4. The van der Waals surface area contributed by atoms with Gasteiger partial charge in [0.15, 0.2) is 0 Å². The van der Waals surface area contributed by atoms with Gasteiger partial charge in [-0.15, -0.1) is 0 Å². The van der Waals surface area contributed by atoms with Crippen LogP contribution in [0.5, 0.6) is 0 Å². The number of hydrogen-bond acceptors (Lipinski definition) is 0. The molecule has 0 saturated heterocycles. The highest BCUT2D eigenvalue weighted by Gasteiger charge is 2.59. The molecule has 0 amide bonds. The first-order valence-corrected chi connectivity index (χ1v) is 7.07. The van der Waals surface area contributed by atoms with Crippen molar-refractivity contribution >= 4 is 0 Å². The van der Waals surface area contributed by atoms with E-state index in [1.165, 1.54) is 31.2 Å². The second kappa shape index (κ2) is 3.60. The molecule has 1 aromatic carbocycles. The highest BCUT2D eigenvalue weighted by molar-refractivity contribution is 5.18. The number of benzene rings is 1. The zero-order valence-corrected chi connectivity index (χ0v) is 11.4. The van der Waals surface area contributed by atoms with Crippen LogP contribution in [0, 0.1) is 22.7 Å². The second-order valence-electron chi connectivity index (χ2n) is 7.08. The average molecular weight is 228 g/mol. The van der Waals surface area contributed by atoms with Gasteiger partial charge in [0.2, 0.25) is 0 Å². The molecule has 0 radical (unpaired) electrons. The van der Waals surface area contributed by atoms with Crippen LogP contribution in [-0.2, 0) is 6.42 Å². The number of hydrogen-bond donors (Lipinski definition) is 0. The molecule has 3 rings (SSSR count). The molecule has 17 heavy (non-hydrogen) atoms. The van der Waals surface area contributed by atoms with Gasteiger partial charge in [-0.2, -0.15) is 0 Å². The van der Waals surface area contributed by atoms with Crippen molar-refractivity contribution in [1.82, 2.24) is 0 Å². The van der Waals surface area contributed by atoms with E-state index in [9.17, 15) is 0 Å². The van der Waals surface area contributed by atoms with E-state index in [-0.39, 0.29) is 0 Å². The largest absolute Gasteiger partial charge is 0.0622 e. The molecule has 2 aliphatic rings. The Bertz CT molecular complexity index is 401. The molecule has 2 aliphatic carbocycles. The summed E-state index contributed by atoms with van der Waals surface area (Å²) in [6, 6.07) is 11.1. The molecule has 0 aliphatic heterocycles. The summed E-state index contributed by atoms with van der Waals surface area (Å²) in [4.78, 5) is 0. The maximum absolute atomic E-state index is 2.53. The maximum Gasteiger partial charge on any atom is -0.0247 e. The molecular formula is C17H24. The van der Waals surface area contributed by atoms with Crippen LogP contribution in [0.3, 0.4) is 0 Å². The van der Waals surface area contributed by atoms with E-state index >= 15 is 0 Å². The van der Waals surface area contributed by atoms with Crippen molar-refractivity contribution in [3.05, 3.63) is 35.9 Å². The molecule has 92 valence electrons. The summed E-state index contributed by atoms with van der Waals surface area (Å²) in [5.74, 6) is 1.87. The van der Waals surface area contributed by atoms with Crippen molar-refractivity contribution in [2.75, 3.05) is 0 Å². The smallest absolute Gasteiger partial charge is 0.0247 e. The Kier molecular flexibility index (Phi) is 2.40. The zero-order chi connectivity index (χ0) is 12.1. The van der Waals surface area contributed by atoms with E-state index in [4.69, 9.17) is 0 Å². The molecule has 1 aromatic rings. The topological polar surface area (TPSA) is 0 Å². The van der Waals surface area contributed by atoms with Gasteiger partial charge < -0.3 is 0 Å². The first-order valence-electron chi connectivity index (χ1n) is 7.07. The Labute approximate surface area is 105 Å². The SMILES string of the molecule is CC12CC[C@H]([C@@H](Cc3ccccc3)C1)C2(C)C. The van der Waals surface area contributed by atoms with Gasteiger partial charge in [-0.3, -0.25) is 0 Å². The van der Waals surface area contributed by atoms with E-state index in [0.29, 0.717) is 10.8 Å². The first-order chi connectivity index (χ1) is 8.03. The van der Waals surface area contributed by atoms with Crippen molar-refractivity contribution in [2.24, 2.45) is 22.7 Å². The molecule has 0 aromatic heterocycles. The Hall–Kier alpha value is -0.780. The summed E-state index contributed by atoms with van der Waals surface area (Å²) in [5, 5.41) is 0. The third kappa shape index (κ3) is 1.57. The van der Waals surface area contributed by atoms with E-state index in [1.807, 2.05) is 0 Å². The molecular weight excluding hydrogens is 204 g/mol. The number of rotatable bonds is 2. The lowest BCUT2D eigenvalue weighted by Crippen LogP contribution is -2.26. The van der Waals surface area contributed by atoms with Crippen LogP contribution in [0.25, 0.3) is 0 Å². The van der Waals surface area contributed by atoms with Gasteiger partial charge in [0.05, 0.1) is 0 Å². The fourth-order valence-electron chi connectivity index (χ4n) is 4.65. The van der Waals surface area contributed by atoms with Gasteiger partial charge in [-0.25, -0.2) is 0 Å². The van der Waals surface area contributed by atoms with Crippen molar-refractivity contribution in [2.45, 2.75) is 46.5 Å². The minimum Gasteiger partial charge on any atom is -0.0622 e. The van der Waals surface area contributed by atoms with Gasteiger partial charge in [0.25, 0.3) is 0 Å². The molecule has 0 nitrogen and oxygen atoms in total. The Morgan fingerprint density at radius 1 is 1.12 bits per heavy atom. The van der Waals surface area contributed by atoms with Crippen molar-refractivity contribution in [1.29, 1.82) is 0 Å². The Morgan fingerprint density at radius 3 is 2.35 bits per heavy atom. The average Bonchev–Trinajstić information content (AvgIpc) is 2.61. The van der Waals surface area contributed by atoms with Crippen LogP contribution in [0.2, 0.25) is 0 Å². The normalized spacial score (nSPS) is 38.5. The first kappa shape index (κ1) is 11.3. The van der Waals surface area contributed by atoms with Crippen LogP contribution in [-0.4, -0.2) is 0 Å². The summed E-state index contributed by atoms with van der Waals surface area (Å²) in [7, 11) is 0. The summed E-state index contributed by atoms with van der Waals surface area (Å²) in [6.07, 6.45) is 5.65. The second-order valence-corrected chi connectivity index (χ2v) is 7.08. The van der Waals surface area contributed by atoms with Gasteiger partial charge in [0, 0.05) is 0 Å². The monoisotopic (exact) mass is 228 g/mol. The summed E-state index contributed by atoms with van der Waals surface area (Å²) >= 11 is 0. The van der Waals surface area contributed by atoms with Crippen molar-refractivity contribution in [3.63, 3.8) is 0 Å². The molecule has 0 heteroatoms. The van der Waals surface area contributed by atoms with E-state index in [2.05, 4.69) is 51.1 Å². The summed E-state index contributed by atoms with van der Waals surface area (Å²) in [5.41, 5.74) is 2.70. The molecule has 0 N–H and O–H groups in total. The van der Waals surface area contributed by atoms with Crippen LogP contribution < -0.4 is 0 Å². The molecule has 3 atom stereocenters. The molecule has 2 saturated carbocycles. The molecule has 0 heterocycles. The predicted octanol–water partition coefficient (Wildman–Crippen LogP) is 4.69. The van der Waals surface area contributed by atoms with Crippen LogP contribution in [0.4, 0.5) is 0 Å². The third-order valence-corrected chi connectivity index (χ3v) is 6.11. The number of fused-ring (bicyclic) bond motifs is 2. The van der Waals surface area contributed by atoms with E-state index in [1.54, 1.807) is 0 Å². The molecule has 2 fully saturated rings. The minimum absolute atomic E-state index is 0.562. The minimum atomic E-state index is 0.562. The fourth-order valence-corrected chi connectivity index (χ4v) is 4.65. The lowest BCUT2D eigenvalue weighted by atomic mass is 9.71. The highest BCUT2D eigenvalue weighted by atomic mass is 14.6. The summed E-state index contributed by atoms with van der Waals surface area (Å²) in [6.45, 7) is 7.54. The highest BCUT2D eigenvalue weighted by Crippen LogP contribution is 2.68. The predicted molar refractivity (Wildman–Crippen MR) is 72.9 cm³/mol. The third-order valence-electron chi connectivity index (χ3n) is 6.11. The lowest BCUT2D eigenvalue weighted by molar-refractivity contribution is 0.152. The Morgan fingerprint density at radius 2 is 1.82 bits per heavy atom. The van der Waals surface area contributed by atoms with Gasteiger partial charge in [-0.05, 0) is 53.9 Å². The van der Waals surface area contributed by atoms with Gasteiger partial charge in [0.1, 0.15) is 0 Å². The molecule has 1 unspecified atom stereocenters. The van der Waals surface area contributed by atoms with Crippen LogP contribution in [0.15, 0.2) is 30.3 Å². The molecule has 0 spiro atoms. The van der Waals surface area contributed by atoms with E-state index < -0.39 is 0 Å². The van der Waals surface area contributed by atoms with Crippen molar-refractivity contribution in [3.8, 4) is 0 Å². The van der Waals surface area contributed by atoms with Gasteiger partial charge in [-0.1, -0.05) is 51.1 Å². The van der Waals surface area contributed by atoms with Crippen molar-refractivity contribution < 1.29 is 0 Å². The summed E-state index contributed by atoms with van der Waals surface area (Å²) < 4.78 is 0.